The Hall–Kier alpha value is -3.14. The van der Waals surface area contributed by atoms with Gasteiger partial charge in [0.15, 0.2) is 11.5 Å². The van der Waals surface area contributed by atoms with Gasteiger partial charge in [-0.2, -0.15) is 0 Å². The summed E-state index contributed by atoms with van der Waals surface area (Å²) in [5, 5.41) is 0. The van der Waals surface area contributed by atoms with Crippen LogP contribution in [0.4, 0.5) is 4.79 Å². The first-order valence-electron chi connectivity index (χ1n) is 13.9. The molecule has 0 bridgehead atoms. The van der Waals surface area contributed by atoms with Gasteiger partial charge in [0.05, 0.1) is 11.8 Å². The summed E-state index contributed by atoms with van der Waals surface area (Å²) in [5.41, 5.74) is 5.96. The maximum Gasteiger partial charge on any atom is 0.509 e. The molecule has 0 aromatic heterocycles. The molecule has 0 aliphatic rings. The van der Waals surface area contributed by atoms with E-state index in [4.69, 9.17) is 29.4 Å². The van der Waals surface area contributed by atoms with Gasteiger partial charge in [0, 0.05) is 0 Å². The van der Waals surface area contributed by atoms with Crippen molar-refractivity contribution in [1.82, 2.24) is 0 Å². The van der Waals surface area contributed by atoms with Gasteiger partial charge in [0.1, 0.15) is 24.4 Å². The number of carbonyl (C=O) groups excluding carboxylic acids is 4. The van der Waals surface area contributed by atoms with Gasteiger partial charge in [0.25, 0.3) is 0 Å². The Morgan fingerprint density at radius 1 is 0.825 bits per heavy atom. The molecule has 2 unspecified atom stereocenters. The third kappa shape index (κ3) is 11.5. The number of benzene rings is 1. The molecule has 2 N–H and O–H groups in total. The quantitative estimate of drug-likeness (QED) is 0.236. The summed E-state index contributed by atoms with van der Waals surface area (Å²) >= 11 is 0. The molecule has 0 fully saturated rings. The second-order valence-electron chi connectivity index (χ2n) is 11.5. The van der Waals surface area contributed by atoms with E-state index < -0.39 is 47.7 Å². The highest BCUT2D eigenvalue weighted by molar-refractivity contribution is 5.79. The lowest BCUT2D eigenvalue weighted by Crippen LogP contribution is -2.36. The van der Waals surface area contributed by atoms with Crippen molar-refractivity contribution in [2.24, 2.45) is 29.4 Å². The lowest BCUT2D eigenvalue weighted by atomic mass is 9.98. The van der Waals surface area contributed by atoms with E-state index in [1.807, 2.05) is 34.6 Å². The summed E-state index contributed by atoms with van der Waals surface area (Å²) < 4.78 is 26.8. The minimum absolute atomic E-state index is 0.0391. The van der Waals surface area contributed by atoms with Crippen LogP contribution in [0.3, 0.4) is 0 Å². The predicted octanol–water partition coefficient (Wildman–Crippen LogP) is 5.22. The number of hydrogen-bond acceptors (Lipinski definition) is 10. The van der Waals surface area contributed by atoms with Crippen LogP contribution in [-0.4, -0.2) is 48.4 Å². The third-order valence-electron chi connectivity index (χ3n) is 6.90. The van der Waals surface area contributed by atoms with Gasteiger partial charge in [-0.3, -0.25) is 14.4 Å². The van der Waals surface area contributed by atoms with Crippen molar-refractivity contribution in [2.75, 3.05) is 6.61 Å². The molecule has 4 atom stereocenters. The number of esters is 3. The molecular formula is C30H47NO9. The van der Waals surface area contributed by atoms with Crippen LogP contribution in [-0.2, 0) is 35.0 Å². The zero-order valence-electron chi connectivity index (χ0n) is 25.6. The fraction of sp³-hybridized carbons (Fsp3) is 0.667. The van der Waals surface area contributed by atoms with Crippen LogP contribution in [0, 0.1) is 23.7 Å². The molecule has 0 spiro atoms. The van der Waals surface area contributed by atoms with Gasteiger partial charge in [-0.05, 0) is 63.1 Å². The molecule has 1 aromatic rings. The summed E-state index contributed by atoms with van der Waals surface area (Å²) in [5.74, 6) is -2.12. The third-order valence-corrected chi connectivity index (χ3v) is 6.90. The first-order valence-corrected chi connectivity index (χ1v) is 13.9. The fourth-order valence-electron chi connectivity index (χ4n) is 2.95. The zero-order valence-corrected chi connectivity index (χ0v) is 25.6. The molecule has 0 aliphatic heterocycles. The standard InChI is InChI=1S/C30H47NO9/c1-11-30(9,10)40-29(35)37-19(6)16-36-28(34)23(31)14-22-12-13-24(38-26(32)20(7)17(2)3)25(15-22)39-27(33)21(8)18(4)5/h12-13,15,17-21,23H,11,14,16,31H2,1-10H3/t19-,20?,21?,23-/m0/s1. The number of ether oxygens (including phenoxy) is 5. The molecular weight excluding hydrogens is 518 g/mol. The van der Waals surface area contributed by atoms with Gasteiger partial charge in [-0.1, -0.05) is 54.5 Å². The Morgan fingerprint density at radius 2 is 1.35 bits per heavy atom. The normalized spacial score (nSPS) is 14.6. The van der Waals surface area contributed by atoms with Gasteiger partial charge in [-0.25, -0.2) is 4.79 Å². The summed E-state index contributed by atoms with van der Waals surface area (Å²) in [4.78, 5) is 49.7. The van der Waals surface area contributed by atoms with Crippen molar-refractivity contribution in [3.63, 3.8) is 0 Å². The smallest absolute Gasteiger partial charge is 0.461 e. The minimum Gasteiger partial charge on any atom is -0.461 e. The predicted molar refractivity (Wildman–Crippen MR) is 150 cm³/mol. The first kappa shape index (κ1) is 34.9. The lowest BCUT2D eigenvalue weighted by Gasteiger charge is -2.24. The summed E-state index contributed by atoms with van der Waals surface area (Å²) in [6, 6.07) is 3.62. The SMILES string of the molecule is CCC(C)(C)OC(=O)O[C@@H](C)COC(=O)[C@@H](N)Cc1ccc(OC(=O)C(C)C(C)C)c(OC(=O)C(C)C(C)C)c1. The Morgan fingerprint density at radius 3 is 1.85 bits per heavy atom. The van der Waals surface area contributed by atoms with E-state index in [9.17, 15) is 19.2 Å². The fourth-order valence-corrected chi connectivity index (χ4v) is 2.95. The molecule has 226 valence electrons. The Bertz CT molecular complexity index is 1020. The second-order valence-corrected chi connectivity index (χ2v) is 11.5. The summed E-state index contributed by atoms with van der Waals surface area (Å²) in [6.07, 6.45) is -0.926. The van der Waals surface area contributed by atoms with E-state index in [1.165, 1.54) is 12.1 Å². The molecule has 10 heteroatoms. The first-order chi connectivity index (χ1) is 18.5. The van der Waals surface area contributed by atoms with Crippen molar-refractivity contribution in [3.8, 4) is 11.5 Å². The van der Waals surface area contributed by atoms with Crippen molar-refractivity contribution < 1.29 is 42.9 Å². The van der Waals surface area contributed by atoms with Crippen molar-refractivity contribution in [1.29, 1.82) is 0 Å². The van der Waals surface area contributed by atoms with E-state index in [0.29, 0.717) is 12.0 Å². The summed E-state index contributed by atoms with van der Waals surface area (Å²) in [7, 11) is 0. The van der Waals surface area contributed by atoms with Crippen molar-refractivity contribution in [2.45, 2.75) is 99.8 Å². The van der Waals surface area contributed by atoms with Gasteiger partial charge >= 0.3 is 24.1 Å². The van der Waals surface area contributed by atoms with E-state index in [-0.39, 0.29) is 42.3 Å². The van der Waals surface area contributed by atoms with Crippen molar-refractivity contribution in [3.05, 3.63) is 23.8 Å². The van der Waals surface area contributed by atoms with E-state index >= 15 is 0 Å². The molecule has 0 saturated carbocycles. The molecule has 0 saturated heterocycles. The Labute approximate surface area is 238 Å². The molecule has 10 nitrogen and oxygen atoms in total. The van der Waals surface area contributed by atoms with E-state index in [1.54, 1.807) is 40.7 Å². The summed E-state index contributed by atoms with van der Waals surface area (Å²) in [6.45, 7) is 17.9. The molecule has 0 heterocycles. The van der Waals surface area contributed by atoms with Crippen LogP contribution >= 0.6 is 0 Å². The number of rotatable bonds is 14. The number of nitrogens with two attached hydrogens (primary N) is 1. The highest BCUT2D eigenvalue weighted by Crippen LogP contribution is 2.31. The zero-order chi connectivity index (χ0) is 30.8. The van der Waals surface area contributed by atoms with E-state index in [0.717, 1.165) is 0 Å². The lowest BCUT2D eigenvalue weighted by molar-refractivity contribution is -0.149. The highest BCUT2D eigenvalue weighted by Gasteiger charge is 2.26. The monoisotopic (exact) mass is 565 g/mol. The molecule has 1 rings (SSSR count). The molecule has 0 amide bonds. The maximum atomic E-state index is 12.7. The Balaban J connectivity index is 2.93. The van der Waals surface area contributed by atoms with Gasteiger partial charge < -0.3 is 29.4 Å². The van der Waals surface area contributed by atoms with Crippen LogP contribution in [0.1, 0.15) is 81.2 Å². The molecule has 1 aromatic carbocycles. The van der Waals surface area contributed by atoms with E-state index in [2.05, 4.69) is 0 Å². The van der Waals surface area contributed by atoms with Gasteiger partial charge in [-0.15, -0.1) is 0 Å². The van der Waals surface area contributed by atoms with Crippen molar-refractivity contribution >= 4 is 24.1 Å². The average Bonchev–Trinajstić information content (AvgIpc) is 2.86. The topological polar surface area (TPSA) is 140 Å². The van der Waals surface area contributed by atoms with Gasteiger partial charge in [0.2, 0.25) is 0 Å². The largest absolute Gasteiger partial charge is 0.509 e. The molecule has 0 radical (unpaired) electrons. The number of carbonyl (C=O) groups is 4. The van der Waals surface area contributed by atoms with Crippen LogP contribution < -0.4 is 15.2 Å². The van der Waals surface area contributed by atoms with Crippen LogP contribution in [0.25, 0.3) is 0 Å². The highest BCUT2D eigenvalue weighted by atomic mass is 16.7. The van der Waals surface area contributed by atoms with Crippen LogP contribution in [0.2, 0.25) is 0 Å². The molecule has 40 heavy (non-hydrogen) atoms. The number of hydrogen-bond donors (Lipinski definition) is 1. The molecule has 0 aliphatic carbocycles. The van der Waals surface area contributed by atoms with Crippen LogP contribution in [0.5, 0.6) is 11.5 Å². The van der Waals surface area contributed by atoms with Crippen LogP contribution in [0.15, 0.2) is 18.2 Å². The second kappa shape index (κ2) is 15.6. The minimum atomic E-state index is -1.05. The maximum absolute atomic E-state index is 12.7. The Kier molecular flexibility index (Phi) is 13.6. The average molecular weight is 566 g/mol.